The summed E-state index contributed by atoms with van der Waals surface area (Å²) < 4.78 is 5.36. The molecule has 4 rings (SSSR count). The molecule has 2 saturated heterocycles. The van der Waals surface area contributed by atoms with Crippen molar-refractivity contribution < 1.29 is 14.3 Å². The highest BCUT2D eigenvalue weighted by molar-refractivity contribution is 6.30. The van der Waals surface area contributed by atoms with E-state index in [9.17, 15) is 9.59 Å². The number of fused-ring (bicyclic) bond motifs is 1. The number of ether oxygens (including phenoxy) is 1. The van der Waals surface area contributed by atoms with Gasteiger partial charge in [0.1, 0.15) is 11.8 Å². The van der Waals surface area contributed by atoms with E-state index in [0.29, 0.717) is 42.2 Å². The van der Waals surface area contributed by atoms with Crippen molar-refractivity contribution in [2.24, 2.45) is 11.8 Å². The summed E-state index contributed by atoms with van der Waals surface area (Å²) in [5, 5.41) is 13.0. The van der Waals surface area contributed by atoms with Crippen molar-refractivity contribution in [1.82, 2.24) is 15.1 Å². The third-order valence-electron chi connectivity index (χ3n) is 5.68. The molecule has 3 aliphatic rings. The van der Waals surface area contributed by atoms with E-state index in [1.54, 1.807) is 34.1 Å². The summed E-state index contributed by atoms with van der Waals surface area (Å²) in [4.78, 5) is 27.9. The molecule has 1 aromatic carbocycles. The van der Waals surface area contributed by atoms with Gasteiger partial charge in [-0.3, -0.25) is 4.79 Å². The maximum atomic E-state index is 12.3. The molecule has 142 valence electrons. The van der Waals surface area contributed by atoms with Crippen LogP contribution < -0.4 is 10.1 Å². The minimum absolute atomic E-state index is 0.0111. The first-order chi connectivity index (χ1) is 13.1. The predicted molar refractivity (Wildman–Crippen MR) is 98.2 cm³/mol. The summed E-state index contributed by atoms with van der Waals surface area (Å²) in [5.41, 5.74) is 0. The van der Waals surface area contributed by atoms with E-state index in [1.807, 2.05) is 0 Å². The van der Waals surface area contributed by atoms with Gasteiger partial charge < -0.3 is 19.9 Å². The molecule has 1 aromatic rings. The number of carbonyl (C=O) groups is 2. The monoisotopic (exact) mass is 388 g/mol. The maximum Gasteiger partial charge on any atom is 0.415 e. The van der Waals surface area contributed by atoms with Gasteiger partial charge in [-0.15, -0.1) is 0 Å². The highest BCUT2D eigenvalue weighted by Crippen LogP contribution is 2.45. The molecule has 2 amide bonds. The number of carbonyl (C=O) groups excluding carboxylic acids is 2. The topological polar surface area (TPSA) is 85.7 Å². The van der Waals surface area contributed by atoms with Gasteiger partial charge >= 0.3 is 6.09 Å². The second-order valence-electron chi connectivity index (χ2n) is 7.34. The van der Waals surface area contributed by atoms with Gasteiger partial charge in [-0.2, -0.15) is 5.26 Å². The number of nitrogens with one attached hydrogen (secondary N) is 1. The Morgan fingerprint density at radius 1 is 1.26 bits per heavy atom. The van der Waals surface area contributed by atoms with Gasteiger partial charge in [0.2, 0.25) is 5.91 Å². The number of halogens is 1. The molecule has 7 nitrogen and oxygen atoms in total. The van der Waals surface area contributed by atoms with Gasteiger partial charge in [0, 0.05) is 30.7 Å². The first-order valence-corrected chi connectivity index (χ1v) is 9.59. The number of nitriles is 1. The quantitative estimate of drug-likeness (QED) is 0.851. The number of hydrogen-bond acceptors (Lipinski definition) is 5. The number of hydrogen-bond donors (Lipinski definition) is 1. The lowest BCUT2D eigenvalue weighted by Gasteiger charge is -2.21. The van der Waals surface area contributed by atoms with Gasteiger partial charge in [0.15, 0.2) is 0 Å². The number of nitrogens with zero attached hydrogens (tertiary/aromatic N) is 3. The molecule has 2 unspecified atom stereocenters. The highest BCUT2D eigenvalue weighted by Gasteiger charge is 2.57. The fourth-order valence-corrected chi connectivity index (χ4v) is 4.28. The van der Waals surface area contributed by atoms with Crippen LogP contribution in [-0.4, -0.2) is 60.1 Å². The molecule has 3 fully saturated rings. The zero-order chi connectivity index (χ0) is 19.0. The van der Waals surface area contributed by atoms with Crippen LogP contribution in [0.25, 0.3) is 0 Å². The summed E-state index contributed by atoms with van der Waals surface area (Å²) in [6.07, 6.45) is 1.30. The maximum absolute atomic E-state index is 12.3. The second-order valence-corrected chi connectivity index (χ2v) is 7.77. The minimum atomic E-state index is -0.353. The lowest BCUT2D eigenvalue weighted by Crippen LogP contribution is -2.43. The largest absolute Gasteiger partial charge is 0.415 e. The molecular weight excluding hydrogens is 368 g/mol. The molecule has 27 heavy (non-hydrogen) atoms. The van der Waals surface area contributed by atoms with Crippen LogP contribution in [0.3, 0.4) is 0 Å². The van der Waals surface area contributed by atoms with Crippen molar-refractivity contribution in [3.8, 4) is 11.8 Å². The Labute approximate surface area is 162 Å². The van der Waals surface area contributed by atoms with Crippen LogP contribution in [0.2, 0.25) is 5.02 Å². The summed E-state index contributed by atoms with van der Waals surface area (Å²) in [5.74, 6) is 1.19. The molecular formula is C19H21ClN4O3. The first kappa shape index (κ1) is 18.1. The van der Waals surface area contributed by atoms with Gasteiger partial charge in [-0.1, -0.05) is 11.6 Å². The van der Waals surface area contributed by atoms with Crippen molar-refractivity contribution >= 4 is 23.6 Å². The molecule has 0 spiro atoms. The molecule has 1 aliphatic carbocycles. The van der Waals surface area contributed by atoms with E-state index in [1.165, 1.54) is 0 Å². The third-order valence-corrected chi connectivity index (χ3v) is 5.93. The molecule has 1 saturated carbocycles. The Balaban J connectivity index is 1.21. The summed E-state index contributed by atoms with van der Waals surface area (Å²) in [6, 6.07) is 8.86. The summed E-state index contributed by atoms with van der Waals surface area (Å²) >= 11 is 5.83. The number of piperidine rings is 1. The Bertz CT molecular complexity index is 766. The summed E-state index contributed by atoms with van der Waals surface area (Å²) in [7, 11) is 0. The molecule has 0 radical (unpaired) electrons. The van der Waals surface area contributed by atoms with E-state index < -0.39 is 0 Å². The molecule has 2 aliphatic heterocycles. The molecule has 0 bridgehead atoms. The number of amides is 2. The predicted octanol–water partition coefficient (Wildman–Crippen LogP) is 1.87. The number of benzene rings is 1. The van der Waals surface area contributed by atoms with E-state index in [2.05, 4.69) is 11.4 Å². The van der Waals surface area contributed by atoms with Gasteiger partial charge in [-0.05, 0) is 48.9 Å². The standard InChI is InChI=1S/C19H21ClN4O3/c20-12-3-5-14(6-4-12)27-19(26)23-10-15-16(11-23)18(15)22-9-17(25)24-7-1-2-13(24)8-21/h3-6,13,15-16,18,22H,1-2,7,9-11H2/t13-,15?,16?,18?/m0/s1. The fraction of sp³-hybridized carbons (Fsp3) is 0.526. The van der Waals surface area contributed by atoms with Crippen molar-refractivity contribution in [1.29, 1.82) is 5.26 Å². The second kappa shape index (κ2) is 7.37. The fourth-order valence-electron chi connectivity index (χ4n) is 4.15. The zero-order valence-corrected chi connectivity index (χ0v) is 15.6. The first-order valence-electron chi connectivity index (χ1n) is 9.21. The van der Waals surface area contributed by atoms with Crippen LogP contribution in [-0.2, 0) is 4.79 Å². The van der Waals surface area contributed by atoms with Crippen molar-refractivity contribution in [2.45, 2.75) is 24.9 Å². The van der Waals surface area contributed by atoms with Crippen LogP contribution >= 0.6 is 11.6 Å². The van der Waals surface area contributed by atoms with E-state index in [-0.39, 0.29) is 30.6 Å². The third kappa shape index (κ3) is 3.73. The molecule has 3 atom stereocenters. The average Bonchev–Trinajstić information content (AvgIpc) is 3.06. The average molecular weight is 389 g/mol. The van der Waals surface area contributed by atoms with Gasteiger partial charge in [0.25, 0.3) is 0 Å². The van der Waals surface area contributed by atoms with Crippen molar-refractivity contribution in [3.05, 3.63) is 29.3 Å². The smallest absolute Gasteiger partial charge is 0.410 e. The van der Waals surface area contributed by atoms with Crippen LogP contribution in [0.4, 0.5) is 4.79 Å². The Kier molecular flexibility index (Phi) is 4.94. The summed E-state index contributed by atoms with van der Waals surface area (Å²) in [6.45, 7) is 2.19. The minimum Gasteiger partial charge on any atom is -0.410 e. The Morgan fingerprint density at radius 2 is 1.96 bits per heavy atom. The van der Waals surface area contributed by atoms with Crippen molar-refractivity contribution in [2.75, 3.05) is 26.2 Å². The normalized spacial score (nSPS) is 28.6. The molecule has 2 heterocycles. The van der Waals surface area contributed by atoms with Gasteiger partial charge in [-0.25, -0.2) is 4.79 Å². The van der Waals surface area contributed by atoms with Crippen LogP contribution in [0.5, 0.6) is 5.75 Å². The van der Waals surface area contributed by atoms with E-state index in [0.717, 1.165) is 12.8 Å². The number of rotatable bonds is 4. The molecule has 8 heteroatoms. The van der Waals surface area contributed by atoms with E-state index >= 15 is 0 Å². The molecule has 0 aromatic heterocycles. The SMILES string of the molecule is N#C[C@@H]1CCCN1C(=O)CNC1C2CN(C(=O)Oc3ccc(Cl)cc3)CC21. The molecule has 1 N–H and O–H groups in total. The van der Waals surface area contributed by atoms with Crippen LogP contribution in [0.15, 0.2) is 24.3 Å². The van der Waals surface area contributed by atoms with Crippen LogP contribution in [0.1, 0.15) is 12.8 Å². The van der Waals surface area contributed by atoms with Crippen molar-refractivity contribution in [3.63, 3.8) is 0 Å². The van der Waals surface area contributed by atoms with Crippen LogP contribution in [0, 0.1) is 23.2 Å². The number of likely N-dealkylation sites (tertiary alicyclic amines) is 2. The highest BCUT2D eigenvalue weighted by atomic mass is 35.5. The van der Waals surface area contributed by atoms with E-state index in [4.69, 9.17) is 21.6 Å². The van der Waals surface area contributed by atoms with Gasteiger partial charge in [0.05, 0.1) is 12.6 Å². The Hall–Kier alpha value is -2.30. The zero-order valence-electron chi connectivity index (χ0n) is 14.8. The lowest BCUT2D eigenvalue weighted by atomic mass is 10.2. The Morgan fingerprint density at radius 3 is 2.63 bits per heavy atom. The lowest BCUT2D eigenvalue weighted by molar-refractivity contribution is -0.130.